The van der Waals surface area contributed by atoms with E-state index < -0.39 is 27.6 Å². The maximum atomic E-state index is 15.5. The van der Waals surface area contributed by atoms with E-state index in [4.69, 9.17) is 16.6 Å². The molecule has 2 aliphatic carbocycles. The molecule has 1 amide bonds. The van der Waals surface area contributed by atoms with E-state index in [0.29, 0.717) is 35.6 Å². The minimum Gasteiger partial charge on any atom is -0.341 e. The van der Waals surface area contributed by atoms with Crippen LogP contribution in [0.5, 0.6) is 0 Å². The fourth-order valence-corrected chi connectivity index (χ4v) is 9.68. The van der Waals surface area contributed by atoms with E-state index >= 15 is 4.39 Å². The topological polar surface area (TPSA) is 117 Å². The number of carbonyl (C=O) groups is 2. The highest BCUT2D eigenvalue weighted by Crippen LogP contribution is 2.62. The summed E-state index contributed by atoms with van der Waals surface area (Å²) in [7, 11) is -3.80. The van der Waals surface area contributed by atoms with Crippen molar-refractivity contribution in [2.45, 2.75) is 43.0 Å². The van der Waals surface area contributed by atoms with Crippen molar-refractivity contribution in [2.75, 3.05) is 13.1 Å². The van der Waals surface area contributed by atoms with Gasteiger partial charge in [-0.15, -0.1) is 0 Å². The van der Waals surface area contributed by atoms with Crippen LogP contribution in [0, 0.1) is 12.3 Å². The second-order valence-corrected chi connectivity index (χ2v) is 15.7. The van der Waals surface area contributed by atoms with E-state index in [0.717, 1.165) is 46.6 Å². The SMILES string of the molecule is Cc1ccc(S(=O)(=O)n2ccc3cc(-c4cnc(C5CN6C(=O)CC7(CC7)C6C6=C5C5=CC(=O)C=C(F)/C5=C(\Cl)C=NC6)[nH]4)ccc32)cc1. The zero-order chi connectivity index (χ0) is 33.8. The summed E-state index contributed by atoms with van der Waals surface area (Å²) in [4.78, 5) is 41.2. The molecule has 4 aromatic rings. The Morgan fingerprint density at radius 3 is 2.63 bits per heavy atom. The number of nitrogens with one attached hydrogen (secondary N) is 1. The predicted molar refractivity (Wildman–Crippen MR) is 183 cm³/mol. The highest BCUT2D eigenvalue weighted by Gasteiger charge is 2.62. The van der Waals surface area contributed by atoms with Gasteiger partial charge in [0.25, 0.3) is 10.0 Å². The minimum absolute atomic E-state index is 0.0704. The van der Waals surface area contributed by atoms with Gasteiger partial charge in [0.05, 0.1) is 45.8 Å². The van der Waals surface area contributed by atoms with Gasteiger partial charge in [0.15, 0.2) is 5.78 Å². The Morgan fingerprint density at radius 2 is 1.86 bits per heavy atom. The number of hydrogen-bond acceptors (Lipinski definition) is 6. The molecule has 2 aromatic heterocycles. The van der Waals surface area contributed by atoms with Crippen molar-refractivity contribution in [2.24, 2.45) is 10.4 Å². The lowest BCUT2D eigenvalue weighted by atomic mass is 9.74. The molecule has 2 fully saturated rings. The van der Waals surface area contributed by atoms with E-state index in [-0.39, 0.29) is 39.4 Å². The number of aromatic nitrogens is 3. The van der Waals surface area contributed by atoms with Crippen LogP contribution in [-0.2, 0) is 19.6 Å². The number of aromatic amines is 1. The summed E-state index contributed by atoms with van der Waals surface area (Å²) in [6, 6.07) is 13.8. The molecule has 3 aliphatic heterocycles. The number of H-pyrrole nitrogens is 1. The average molecular weight is 694 g/mol. The molecule has 9 nitrogen and oxygen atoms in total. The second kappa shape index (κ2) is 10.6. The van der Waals surface area contributed by atoms with Gasteiger partial charge in [-0.1, -0.05) is 35.4 Å². The number of amides is 1. The molecular weight excluding hydrogens is 665 g/mol. The monoisotopic (exact) mass is 693 g/mol. The first kappa shape index (κ1) is 30.2. The smallest absolute Gasteiger partial charge is 0.268 e. The number of imidazole rings is 1. The van der Waals surface area contributed by atoms with E-state index in [1.807, 2.05) is 24.0 Å². The molecule has 2 unspecified atom stereocenters. The molecule has 0 radical (unpaired) electrons. The Hall–Kier alpha value is -4.87. The third kappa shape index (κ3) is 4.59. The van der Waals surface area contributed by atoms with Gasteiger partial charge >= 0.3 is 0 Å². The molecule has 2 atom stereocenters. The van der Waals surface area contributed by atoms with Crippen molar-refractivity contribution in [1.29, 1.82) is 0 Å². The molecule has 1 saturated heterocycles. The van der Waals surface area contributed by atoms with E-state index in [9.17, 15) is 18.0 Å². The first-order valence-corrected chi connectivity index (χ1v) is 17.9. The van der Waals surface area contributed by atoms with E-state index in [1.165, 1.54) is 16.3 Å². The molecule has 9 rings (SSSR count). The first-order chi connectivity index (χ1) is 23.5. The Bertz CT molecular complexity index is 2430. The molecule has 49 heavy (non-hydrogen) atoms. The number of fused-ring (bicyclic) bond motifs is 6. The molecule has 5 heterocycles. The number of nitrogens with zero attached hydrogens (tertiary/aromatic N) is 4. The van der Waals surface area contributed by atoms with Crippen LogP contribution in [0.4, 0.5) is 4.39 Å². The summed E-state index contributed by atoms with van der Waals surface area (Å²) in [6.45, 7) is 2.47. The number of allylic oxidation sites excluding steroid dienone is 6. The lowest BCUT2D eigenvalue weighted by Gasteiger charge is -2.42. The van der Waals surface area contributed by atoms with Crippen molar-refractivity contribution < 1.29 is 22.4 Å². The second-order valence-electron chi connectivity index (χ2n) is 13.5. The lowest BCUT2D eigenvalue weighted by Crippen LogP contribution is -2.46. The van der Waals surface area contributed by atoms with Gasteiger partial charge < -0.3 is 9.88 Å². The largest absolute Gasteiger partial charge is 0.341 e. The molecule has 1 spiro atoms. The van der Waals surface area contributed by atoms with Crippen molar-refractivity contribution in [1.82, 2.24) is 18.8 Å². The van der Waals surface area contributed by atoms with Crippen LogP contribution in [0.3, 0.4) is 0 Å². The van der Waals surface area contributed by atoms with Crippen molar-refractivity contribution >= 4 is 50.4 Å². The van der Waals surface area contributed by atoms with Crippen LogP contribution in [0.15, 0.2) is 116 Å². The van der Waals surface area contributed by atoms with Crippen LogP contribution < -0.4 is 0 Å². The third-order valence-electron chi connectivity index (χ3n) is 10.5. The highest BCUT2D eigenvalue weighted by molar-refractivity contribution is 7.90. The molecule has 1 N–H and O–H groups in total. The van der Waals surface area contributed by atoms with Crippen molar-refractivity contribution in [3.05, 3.63) is 118 Å². The number of benzene rings is 2. The number of rotatable bonds is 4. The number of aryl methyl sites for hydroxylation is 1. The molecular formula is C37H29ClFN5O4S. The van der Waals surface area contributed by atoms with E-state index in [1.54, 1.807) is 48.8 Å². The van der Waals surface area contributed by atoms with Gasteiger partial charge in [-0.3, -0.25) is 14.6 Å². The van der Waals surface area contributed by atoms with Gasteiger partial charge in [-0.2, -0.15) is 0 Å². The summed E-state index contributed by atoms with van der Waals surface area (Å²) in [5, 5.41) is 0.830. The standard InChI is InChI=1S/C37H29ClFN5O4S/c1-20-2-5-24(6-3-20)49(47,48)44-11-8-22-12-21(4-7-31(22)44)30-18-41-36(42-30)27-19-43-32(46)15-37(9-10-37)35(43)26-16-40-17-28(38)34-25(33(26)27)13-23(45)14-29(34)39/h2-8,11-14,17-18,27,35H,9-10,15-16,19H2,1H3,(H,41,42)/b34-28-,40-17?. The Balaban J connectivity index is 1.13. The fraction of sp³-hybridized carbons (Fsp3) is 0.243. The van der Waals surface area contributed by atoms with Gasteiger partial charge in [-0.25, -0.2) is 21.8 Å². The summed E-state index contributed by atoms with van der Waals surface area (Å²) in [6.07, 6.45) is 9.33. The predicted octanol–water partition coefficient (Wildman–Crippen LogP) is 6.29. The van der Waals surface area contributed by atoms with Crippen molar-refractivity contribution in [3.63, 3.8) is 0 Å². The molecule has 0 bridgehead atoms. The van der Waals surface area contributed by atoms with Crippen LogP contribution in [0.2, 0.25) is 0 Å². The van der Waals surface area contributed by atoms with Gasteiger partial charge in [0.2, 0.25) is 5.91 Å². The Labute approximate surface area is 286 Å². The molecule has 5 aliphatic rings. The van der Waals surface area contributed by atoms with Crippen LogP contribution in [0.25, 0.3) is 22.2 Å². The van der Waals surface area contributed by atoms with Crippen LogP contribution in [-0.4, -0.2) is 64.3 Å². The number of ketones is 1. The third-order valence-corrected chi connectivity index (χ3v) is 12.5. The van der Waals surface area contributed by atoms with Gasteiger partial charge in [-0.05, 0) is 72.9 Å². The summed E-state index contributed by atoms with van der Waals surface area (Å²) in [5.41, 5.74) is 4.94. The van der Waals surface area contributed by atoms with E-state index in [2.05, 4.69) is 9.98 Å². The molecule has 1 saturated carbocycles. The summed E-state index contributed by atoms with van der Waals surface area (Å²) in [5.74, 6) is -1.09. The van der Waals surface area contributed by atoms with Crippen molar-refractivity contribution in [3.8, 4) is 11.3 Å². The number of aliphatic imine (C=N–C) groups is 1. The van der Waals surface area contributed by atoms with Gasteiger partial charge in [0.1, 0.15) is 11.7 Å². The summed E-state index contributed by atoms with van der Waals surface area (Å²) >= 11 is 6.59. The molecule has 2 aromatic carbocycles. The van der Waals surface area contributed by atoms with Crippen LogP contribution >= 0.6 is 11.6 Å². The normalized spacial score (nSPS) is 24.4. The zero-order valence-corrected chi connectivity index (χ0v) is 27.9. The summed E-state index contributed by atoms with van der Waals surface area (Å²) < 4.78 is 43.7. The Morgan fingerprint density at radius 1 is 1.06 bits per heavy atom. The maximum absolute atomic E-state index is 15.5. The lowest BCUT2D eigenvalue weighted by molar-refractivity contribution is -0.129. The first-order valence-electron chi connectivity index (χ1n) is 16.1. The average Bonchev–Trinajstić information content (AvgIpc) is 3.37. The quantitative estimate of drug-likeness (QED) is 0.270. The number of hydrogen-bond donors (Lipinski definition) is 1. The number of carbonyl (C=O) groups excluding carboxylic acids is 2. The van der Waals surface area contributed by atoms with Crippen LogP contribution in [0.1, 0.15) is 36.6 Å². The molecule has 246 valence electrons. The number of halogens is 2. The van der Waals surface area contributed by atoms with Gasteiger partial charge in [0, 0.05) is 53.4 Å². The highest BCUT2D eigenvalue weighted by atomic mass is 35.5. The Kier molecular flexibility index (Phi) is 6.51. The maximum Gasteiger partial charge on any atom is 0.268 e. The fourth-order valence-electron chi connectivity index (χ4n) is 8.07. The molecule has 12 heteroatoms. The zero-order valence-electron chi connectivity index (χ0n) is 26.3. The minimum atomic E-state index is -3.80.